The first-order chi connectivity index (χ1) is 20.8. The van der Waals surface area contributed by atoms with Crippen LogP contribution in [0.3, 0.4) is 0 Å². The first-order valence-electron chi connectivity index (χ1n) is 13.7. The number of hydrogen-bond donors (Lipinski definition) is 8. The van der Waals surface area contributed by atoms with Gasteiger partial charge in [-0.25, -0.2) is 9.78 Å². The molecule has 0 aliphatic carbocycles. The summed E-state index contributed by atoms with van der Waals surface area (Å²) in [5, 5.41) is 19.4. The number of H-pyrrole nitrogens is 3. The average molecular weight is 585 g/mol. The van der Waals surface area contributed by atoms with Gasteiger partial charge in [0.05, 0.1) is 18.9 Å². The maximum Gasteiger partial charge on any atom is 0.326 e. The second-order valence-electron chi connectivity index (χ2n) is 10.3. The Hall–Kier alpha value is -5.43. The number of fused-ring (bicyclic) bond motifs is 2. The number of hydrogen-bond acceptors (Lipinski definition) is 6. The summed E-state index contributed by atoms with van der Waals surface area (Å²) < 4.78 is 0. The van der Waals surface area contributed by atoms with Crippen molar-refractivity contribution in [2.45, 2.75) is 37.4 Å². The third-order valence-corrected chi connectivity index (χ3v) is 7.22. The third-order valence-electron chi connectivity index (χ3n) is 7.22. The minimum atomic E-state index is -1.26. The zero-order valence-corrected chi connectivity index (χ0v) is 23.1. The zero-order chi connectivity index (χ0) is 30.3. The lowest BCUT2D eigenvalue weighted by Crippen LogP contribution is -2.55. The molecule has 0 radical (unpaired) electrons. The van der Waals surface area contributed by atoms with Gasteiger partial charge in [0, 0.05) is 65.4 Å². The fourth-order valence-corrected chi connectivity index (χ4v) is 4.99. The predicted octanol–water partition coefficient (Wildman–Crippen LogP) is 0.898. The van der Waals surface area contributed by atoms with Crippen LogP contribution in [0.15, 0.2) is 73.4 Å². The van der Waals surface area contributed by atoms with Gasteiger partial charge in [-0.1, -0.05) is 36.4 Å². The van der Waals surface area contributed by atoms with E-state index >= 15 is 0 Å². The molecule has 3 atom stereocenters. The molecule has 0 spiro atoms. The highest BCUT2D eigenvalue weighted by molar-refractivity contribution is 5.94. The highest BCUT2D eigenvalue weighted by atomic mass is 16.4. The van der Waals surface area contributed by atoms with Gasteiger partial charge < -0.3 is 41.7 Å². The summed E-state index contributed by atoms with van der Waals surface area (Å²) in [6.07, 6.45) is 6.80. The minimum Gasteiger partial charge on any atom is -0.480 e. The third kappa shape index (κ3) is 7.08. The van der Waals surface area contributed by atoms with Gasteiger partial charge in [-0.15, -0.1) is 0 Å². The summed E-state index contributed by atoms with van der Waals surface area (Å²) in [7, 11) is 0. The molecule has 13 nitrogen and oxygen atoms in total. The number of aromatic nitrogens is 4. The van der Waals surface area contributed by atoms with E-state index in [1.807, 2.05) is 48.5 Å². The standard InChI is InChI=1S/C30H32N8O5/c31-22(11-19-14-32-16-36-19)28(40)35-15-27(39)37-25(9-17-12-33-23-7-3-1-5-20(17)23)29(41)38-26(30(42)43)10-18-13-34-24-8-4-2-6-21(18)24/h1-8,12-14,16,22,25-26,33-34H,9-11,15,31H2,(H,32,36)(H,35,40)(H,37,39)(H,38,41)(H,42,43). The van der Waals surface area contributed by atoms with Crippen LogP contribution in [0.5, 0.6) is 0 Å². The number of carbonyl (C=O) groups excluding carboxylic acids is 3. The molecule has 0 saturated carbocycles. The molecule has 0 fully saturated rings. The fourth-order valence-electron chi connectivity index (χ4n) is 4.99. The monoisotopic (exact) mass is 584 g/mol. The van der Waals surface area contributed by atoms with Crippen LogP contribution in [0.1, 0.15) is 16.8 Å². The number of aromatic amines is 3. The Labute approximate surface area is 245 Å². The normalized spacial score (nSPS) is 13.3. The molecule has 9 N–H and O–H groups in total. The molecule has 222 valence electrons. The zero-order valence-electron chi connectivity index (χ0n) is 23.1. The Kier molecular flexibility index (Phi) is 8.82. The molecule has 3 heterocycles. The second kappa shape index (κ2) is 13.0. The minimum absolute atomic E-state index is 0.0309. The van der Waals surface area contributed by atoms with Crippen LogP contribution >= 0.6 is 0 Å². The Morgan fingerprint density at radius 1 is 0.791 bits per heavy atom. The number of amides is 3. The van der Waals surface area contributed by atoms with E-state index in [1.54, 1.807) is 18.6 Å². The molecule has 0 bridgehead atoms. The highest BCUT2D eigenvalue weighted by Gasteiger charge is 2.28. The topological polar surface area (TPSA) is 211 Å². The van der Waals surface area contributed by atoms with E-state index in [-0.39, 0.29) is 19.3 Å². The van der Waals surface area contributed by atoms with Gasteiger partial charge in [0.2, 0.25) is 17.7 Å². The fraction of sp³-hybridized carbons (Fsp3) is 0.233. The van der Waals surface area contributed by atoms with Crippen molar-refractivity contribution in [1.29, 1.82) is 0 Å². The molecule has 0 saturated heterocycles. The van der Waals surface area contributed by atoms with Crippen molar-refractivity contribution in [2.24, 2.45) is 5.73 Å². The molecular weight excluding hydrogens is 552 g/mol. The molecule has 0 aliphatic heterocycles. The summed E-state index contributed by atoms with van der Waals surface area (Å²) in [6, 6.07) is 11.7. The number of nitrogens with zero attached hydrogens (tertiary/aromatic N) is 1. The molecule has 3 unspecified atom stereocenters. The SMILES string of the molecule is NC(Cc1cnc[nH]1)C(=O)NCC(=O)NC(Cc1c[nH]c2ccccc12)C(=O)NC(Cc1c[nH]c2ccccc12)C(=O)O. The Morgan fingerprint density at radius 3 is 1.98 bits per heavy atom. The number of carboxylic acids is 1. The van der Waals surface area contributed by atoms with Gasteiger partial charge in [0.1, 0.15) is 12.1 Å². The van der Waals surface area contributed by atoms with Crippen LogP contribution in [0.2, 0.25) is 0 Å². The summed E-state index contributed by atoms with van der Waals surface area (Å²) in [5.41, 5.74) is 9.80. The lowest BCUT2D eigenvalue weighted by molar-refractivity contribution is -0.142. The summed E-state index contributed by atoms with van der Waals surface area (Å²) >= 11 is 0. The molecule has 43 heavy (non-hydrogen) atoms. The second-order valence-corrected chi connectivity index (χ2v) is 10.3. The van der Waals surface area contributed by atoms with Gasteiger partial charge in [0.25, 0.3) is 0 Å². The average Bonchev–Trinajstić information content (AvgIpc) is 3.76. The van der Waals surface area contributed by atoms with E-state index in [2.05, 4.69) is 35.9 Å². The number of aliphatic carboxylic acids is 1. The number of nitrogens with one attached hydrogen (secondary N) is 6. The smallest absolute Gasteiger partial charge is 0.326 e. The maximum atomic E-state index is 13.5. The van der Waals surface area contributed by atoms with E-state index in [4.69, 9.17) is 5.73 Å². The molecule has 3 amide bonds. The number of benzene rings is 2. The Morgan fingerprint density at radius 2 is 1.40 bits per heavy atom. The molecule has 13 heteroatoms. The van der Waals surface area contributed by atoms with E-state index in [0.29, 0.717) is 5.69 Å². The first-order valence-corrected chi connectivity index (χ1v) is 13.7. The lowest BCUT2D eigenvalue weighted by atomic mass is 10.0. The number of imidazole rings is 1. The van der Waals surface area contributed by atoms with Crippen molar-refractivity contribution in [1.82, 2.24) is 35.9 Å². The van der Waals surface area contributed by atoms with Crippen molar-refractivity contribution in [3.05, 3.63) is 90.3 Å². The van der Waals surface area contributed by atoms with E-state index in [1.165, 1.54) is 6.33 Å². The summed E-state index contributed by atoms with van der Waals surface area (Å²) in [4.78, 5) is 64.1. The molecule has 5 aromatic rings. The first kappa shape index (κ1) is 29.1. The van der Waals surface area contributed by atoms with Crippen molar-refractivity contribution < 1.29 is 24.3 Å². The van der Waals surface area contributed by atoms with Crippen molar-refractivity contribution in [3.63, 3.8) is 0 Å². The predicted molar refractivity (Wildman–Crippen MR) is 159 cm³/mol. The van der Waals surface area contributed by atoms with Gasteiger partial charge in [-0.05, 0) is 23.3 Å². The highest BCUT2D eigenvalue weighted by Crippen LogP contribution is 2.21. The van der Waals surface area contributed by atoms with Crippen LogP contribution in [-0.2, 0) is 38.4 Å². The van der Waals surface area contributed by atoms with Crippen LogP contribution < -0.4 is 21.7 Å². The molecule has 5 rings (SSSR count). The summed E-state index contributed by atoms with van der Waals surface area (Å²) in [5.74, 6) is -3.07. The number of carbonyl (C=O) groups is 4. The van der Waals surface area contributed by atoms with Crippen molar-refractivity contribution in [2.75, 3.05) is 6.54 Å². The van der Waals surface area contributed by atoms with Crippen LogP contribution in [0, 0.1) is 0 Å². The van der Waals surface area contributed by atoms with Crippen molar-refractivity contribution >= 4 is 45.5 Å². The Balaban J connectivity index is 1.28. The van der Waals surface area contributed by atoms with Gasteiger partial charge >= 0.3 is 5.97 Å². The van der Waals surface area contributed by atoms with Crippen molar-refractivity contribution in [3.8, 4) is 0 Å². The van der Waals surface area contributed by atoms with Crippen LogP contribution in [0.25, 0.3) is 21.8 Å². The largest absolute Gasteiger partial charge is 0.480 e. The quantitative estimate of drug-likeness (QED) is 0.100. The summed E-state index contributed by atoms with van der Waals surface area (Å²) in [6.45, 7) is -0.426. The molecule has 0 aliphatic rings. The number of para-hydroxylation sites is 2. The number of rotatable bonds is 13. The van der Waals surface area contributed by atoms with E-state index < -0.39 is 48.4 Å². The van der Waals surface area contributed by atoms with Gasteiger partial charge in [-0.2, -0.15) is 0 Å². The Bertz CT molecular complexity index is 1740. The molecule has 2 aromatic carbocycles. The van der Waals surface area contributed by atoms with Crippen LogP contribution in [-0.4, -0.2) is 73.4 Å². The number of nitrogens with two attached hydrogens (primary N) is 1. The lowest BCUT2D eigenvalue weighted by Gasteiger charge is -2.22. The molecular formula is C30H32N8O5. The van der Waals surface area contributed by atoms with E-state index in [9.17, 15) is 24.3 Å². The van der Waals surface area contributed by atoms with Gasteiger partial charge in [0.15, 0.2) is 0 Å². The molecule has 3 aromatic heterocycles. The maximum absolute atomic E-state index is 13.5. The van der Waals surface area contributed by atoms with Gasteiger partial charge in [-0.3, -0.25) is 14.4 Å². The number of carboxylic acid groups (broad SMARTS) is 1. The van der Waals surface area contributed by atoms with E-state index in [0.717, 1.165) is 32.9 Å². The van der Waals surface area contributed by atoms with Crippen LogP contribution in [0.4, 0.5) is 0 Å².